The smallest absolute Gasteiger partial charge is 0.307 e. The second-order valence-electron chi connectivity index (χ2n) is 7.99. The van der Waals surface area contributed by atoms with E-state index in [1.54, 1.807) is 4.57 Å². The highest BCUT2D eigenvalue weighted by molar-refractivity contribution is 7.89. The number of carbonyl (C=O) groups is 2. The van der Waals surface area contributed by atoms with Crippen LogP contribution in [0.5, 0.6) is 0 Å². The molecule has 1 saturated heterocycles. The summed E-state index contributed by atoms with van der Waals surface area (Å²) >= 11 is 1.05. The van der Waals surface area contributed by atoms with Gasteiger partial charge in [0, 0.05) is 25.2 Å². The van der Waals surface area contributed by atoms with Crippen molar-refractivity contribution in [1.29, 1.82) is 0 Å². The van der Waals surface area contributed by atoms with Gasteiger partial charge in [0.25, 0.3) is 5.91 Å². The van der Waals surface area contributed by atoms with Gasteiger partial charge in [-0.15, -0.1) is 0 Å². The Labute approximate surface area is 217 Å². The molecule has 0 atom stereocenters. The summed E-state index contributed by atoms with van der Waals surface area (Å²) in [5.41, 5.74) is 0.711. The SMILES string of the molecule is COC(=O)CCn1c(=NC(=O)c2ccc(S(=O)(=O)N3CCOCC3)cc2)sc2cc(S(N)(=O)=O)ccc21. The van der Waals surface area contributed by atoms with Crippen LogP contribution in [0.25, 0.3) is 10.2 Å². The van der Waals surface area contributed by atoms with Crippen LogP contribution in [0, 0.1) is 0 Å². The average molecular weight is 569 g/mol. The van der Waals surface area contributed by atoms with Crippen molar-refractivity contribution in [3.8, 4) is 0 Å². The van der Waals surface area contributed by atoms with Crippen molar-refractivity contribution in [1.82, 2.24) is 8.87 Å². The Morgan fingerprint density at radius 2 is 1.70 bits per heavy atom. The quantitative estimate of drug-likeness (QED) is 0.406. The third-order valence-corrected chi connectivity index (χ3v) is 9.52. The molecule has 2 heterocycles. The summed E-state index contributed by atoms with van der Waals surface area (Å²) in [5.74, 6) is -1.11. The van der Waals surface area contributed by atoms with E-state index in [0.29, 0.717) is 23.4 Å². The first-order chi connectivity index (χ1) is 17.5. The molecule has 1 fully saturated rings. The minimum atomic E-state index is -3.95. The lowest BCUT2D eigenvalue weighted by Gasteiger charge is -2.26. The zero-order valence-electron chi connectivity index (χ0n) is 19.7. The Bertz CT molecular complexity index is 1620. The molecule has 2 aromatic carbocycles. The lowest BCUT2D eigenvalue weighted by molar-refractivity contribution is -0.140. The van der Waals surface area contributed by atoms with Crippen LogP contribution in [0.4, 0.5) is 0 Å². The number of methoxy groups -OCH3 is 1. The van der Waals surface area contributed by atoms with Crippen LogP contribution in [0.2, 0.25) is 0 Å². The molecule has 2 N–H and O–H groups in total. The number of aromatic nitrogens is 1. The molecular weight excluding hydrogens is 544 g/mol. The zero-order chi connectivity index (χ0) is 26.8. The highest BCUT2D eigenvalue weighted by Gasteiger charge is 2.26. The highest BCUT2D eigenvalue weighted by Crippen LogP contribution is 2.22. The maximum atomic E-state index is 13.0. The number of hydrogen-bond donors (Lipinski definition) is 1. The van der Waals surface area contributed by atoms with E-state index in [-0.39, 0.29) is 46.2 Å². The number of morpholine rings is 1. The maximum Gasteiger partial charge on any atom is 0.307 e. The van der Waals surface area contributed by atoms with E-state index in [2.05, 4.69) is 4.99 Å². The standard InChI is InChI=1S/C22H24N4O8S3/c1-33-20(27)8-9-26-18-7-6-17(36(23,29)30)14-19(18)35-22(26)24-21(28)15-2-4-16(5-3-15)37(31,32)25-10-12-34-13-11-25/h2-7,14H,8-13H2,1H3,(H2,23,29,30). The number of nitrogens with zero attached hydrogens (tertiary/aromatic N) is 3. The van der Waals surface area contributed by atoms with Crippen LogP contribution < -0.4 is 9.94 Å². The van der Waals surface area contributed by atoms with Crippen LogP contribution in [-0.4, -0.2) is 71.0 Å². The predicted octanol–water partition coefficient (Wildman–Crippen LogP) is 0.675. The van der Waals surface area contributed by atoms with Crippen LogP contribution in [0.1, 0.15) is 16.8 Å². The number of thiazole rings is 1. The zero-order valence-corrected chi connectivity index (χ0v) is 22.1. The molecule has 15 heteroatoms. The van der Waals surface area contributed by atoms with Gasteiger partial charge in [0.05, 0.1) is 46.8 Å². The number of benzene rings is 2. The normalized spacial score (nSPS) is 15.7. The van der Waals surface area contributed by atoms with E-state index in [1.807, 2.05) is 0 Å². The van der Waals surface area contributed by atoms with Gasteiger partial charge in [-0.2, -0.15) is 9.30 Å². The van der Waals surface area contributed by atoms with Crippen molar-refractivity contribution < 1.29 is 35.9 Å². The monoisotopic (exact) mass is 568 g/mol. The summed E-state index contributed by atoms with van der Waals surface area (Å²) in [5, 5.41) is 5.24. The van der Waals surface area contributed by atoms with Crippen LogP contribution in [-0.2, 0) is 40.9 Å². The van der Waals surface area contributed by atoms with Gasteiger partial charge < -0.3 is 14.0 Å². The molecule has 4 rings (SSSR count). The minimum absolute atomic E-state index is 0.00521. The fourth-order valence-corrected chi connectivity index (χ4v) is 6.81. The van der Waals surface area contributed by atoms with Gasteiger partial charge in [-0.1, -0.05) is 11.3 Å². The van der Waals surface area contributed by atoms with Crippen molar-refractivity contribution in [3.05, 3.63) is 52.8 Å². The molecular formula is C22H24N4O8S3. The number of aryl methyl sites for hydroxylation is 1. The Morgan fingerprint density at radius 3 is 2.32 bits per heavy atom. The van der Waals surface area contributed by atoms with E-state index in [1.165, 1.54) is 53.9 Å². The molecule has 1 aliphatic heterocycles. The molecule has 0 radical (unpaired) electrons. The molecule has 0 aliphatic carbocycles. The number of primary sulfonamides is 1. The molecule has 0 spiro atoms. The molecule has 1 amide bonds. The summed E-state index contributed by atoms with van der Waals surface area (Å²) in [7, 11) is -6.41. The van der Waals surface area contributed by atoms with Gasteiger partial charge >= 0.3 is 5.97 Å². The molecule has 37 heavy (non-hydrogen) atoms. The molecule has 0 bridgehead atoms. The minimum Gasteiger partial charge on any atom is -0.469 e. The average Bonchev–Trinajstić information content (AvgIpc) is 3.23. The fourth-order valence-electron chi connectivity index (χ4n) is 3.69. The lowest BCUT2D eigenvalue weighted by Crippen LogP contribution is -2.40. The van der Waals surface area contributed by atoms with E-state index in [9.17, 15) is 26.4 Å². The van der Waals surface area contributed by atoms with Crippen molar-refractivity contribution in [2.24, 2.45) is 10.1 Å². The first-order valence-corrected chi connectivity index (χ1v) is 14.8. The van der Waals surface area contributed by atoms with Crippen LogP contribution in [0.15, 0.2) is 57.2 Å². The highest BCUT2D eigenvalue weighted by atomic mass is 32.2. The number of rotatable bonds is 7. The second kappa shape index (κ2) is 10.8. The van der Waals surface area contributed by atoms with Gasteiger partial charge in [-0.25, -0.2) is 22.0 Å². The summed E-state index contributed by atoms with van der Waals surface area (Å²) in [6.07, 6.45) is -0.00521. The van der Waals surface area contributed by atoms with Gasteiger partial charge in [0.2, 0.25) is 20.0 Å². The molecule has 0 unspecified atom stereocenters. The van der Waals surface area contributed by atoms with Crippen LogP contribution in [0.3, 0.4) is 0 Å². The number of sulfonamides is 2. The molecule has 0 saturated carbocycles. The van der Waals surface area contributed by atoms with Gasteiger partial charge in [0.15, 0.2) is 4.80 Å². The lowest BCUT2D eigenvalue weighted by atomic mass is 10.2. The van der Waals surface area contributed by atoms with Crippen molar-refractivity contribution in [2.75, 3.05) is 33.4 Å². The topological polar surface area (TPSA) is 167 Å². The number of amides is 1. The third kappa shape index (κ3) is 5.97. The van der Waals surface area contributed by atoms with E-state index in [4.69, 9.17) is 14.6 Å². The summed E-state index contributed by atoms with van der Waals surface area (Å²) in [6, 6.07) is 9.69. The number of hydrogen-bond acceptors (Lipinski definition) is 9. The second-order valence-corrected chi connectivity index (χ2v) is 12.5. The predicted molar refractivity (Wildman–Crippen MR) is 134 cm³/mol. The number of esters is 1. The first kappa shape index (κ1) is 27.1. The van der Waals surface area contributed by atoms with Crippen molar-refractivity contribution in [2.45, 2.75) is 22.8 Å². The summed E-state index contributed by atoms with van der Waals surface area (Å²) < 4.78 is 62.5. The number of fused-ring (bicyclic) bond motifs is 1. The first-order valence-electron chi connectivity index (χ1n) is 11.0. The maximum absolute atomic E-state index is 13.0. The molecule has 1 aliphatic rings. The van der Waals surface area contributed by atoms with Crippen LogP contribution >= 0.6 is 11.3 Å². The van der Waals surface area contributed by atoms with Gasteiger partial charge in [-0.05, 0) is 42.5 Å². The van der Waals surface area contributed by atoms with E-state index in [0.717, 1.165) is 11.3 Å². The summed E-state index contributed by atoms with van der Waals surface area (Å²) in [4.78, 5) is 29.0. The Hall–Kier alpha value is -2.95. The summed E-state index contributed by atoms with van der Waals surface area (Å²) in [6.45, 7) is 1.27. The Kier molecular flexibility index (Phi) is 7.91. The van der Waals surface area contributed by atoms with Crippen molar-refractivity contribution in [3.63, 3.8) is 0 Å². The number of nitrogens with two attached hydrogens (primary N) is 1. The van der Waals surface area contributed by atoms with Gasteiger partial charge in [0.1, 0.15) is 0 Å². The fraction of sp³-hybridized carbons (Fsp3) is 0.318. The third-order valence-electron chi connectivity index (χ3n) is 5.66. The molecule has 198 valence electrons. The Balaban J connectivity index is 1.69. The number of ether oxygens (including phenoxy) is 2. The molecule has 1 aromatic heterocycles. The van der Waals surface area contributed by atoms with E-state index >= 15 is 0 Å². The molecule has 12 nitrogen and oxygen atoms in total. The van der Waals surface area contributed by atoms with Crippen molar-refractivity contribution >= 4 is 53.5 Å². The van der Waals surface area contributed by atoms with E-state index < -0.39 is 31.9 Å². The van der Waals surface area contributed by atoms with Gasteiger partial charge in [-0.3, -0.25) is 9.59 Å². The number of carbonyl (C=O) groups excluding carboxylic acids is 2. The largest absolute Gasteiger partial charge is 0.469 e. The Morgan fingerprint density at radius 1 is 1.05 bits per heavy atom. The molecule has 3 aromatic rings.